The van der Waals surface area contributed by atoms with E-state index in [-0.39, 0.29) is 0 Å². The Hall–Kier alpha value is -2.14. The number of imidazole rings is 1. The minimum atomic E-state index is 0.322. The van der Waals surface area contributed by atoms with Gasteiger partial charge in [-0.05, 0) is 42.4 Å². The zero-order valence-electron chi connectivity index (χ0n) is 12.3. The first kappa shape index (κ1) is 12.4. The lowest BCUT2D eigenvalue weighted by atomic mass is 10.2. The fourth-order valence-electron chi connectivity index (χ4n) is 4.13. The molecule has 2 atom stereocenters. The first-order valence-corrected chi connectivity index (χ1v) is 7.95. The normalized spacial score (nSPS) is 26.8. The summed E-state index contributed by atoms with van der Waals surface area (Å²) in [6, 6.07) is 10.2. The fraction of sp³-hybridized carbons (Fsp3) is 0.412. The summed E-state index contributed by atoms with van der Waals surface area (Å²) in [4.78, 5) is 11.7. The summed E-state index contributed by atoms with van der Waals surface area (Å²) in [5.74, 6) is 4.04. The van der Waals surface area contributed by atoms with Gasteiger partial charge >= 0.3 is 0 Å². The molecule has 5 rings (SSSR count). The molecule has 112 valence electrons. The number of rotatable bonds is 3. The average molecular weight is 294 g/mol. The Morgan fingerprint density at radius 3 is 2.73 bits per heavy atom. The lowest BCUT2D eigenvalue weighted by molar-refractivity contribution is 0.273. The lowest BCUT2D eigenvalue weighted by Crippen LogP contribution is -2.25. The molecule has 0 bridgehead atoms. The molecular weight excluding hydrogens is 276 g/mol. The number of para-hydroxylation sites is 2. The zero-order chi connectivity index (χ0) is 14.7. The summed E-state index contributed by atoms with van der Waals surface area (Å²) >= 11 is 0. The van der Waals surface area contributed by atoms with E-state index in [2.05, 4.69) is 28.2 Å². The SMILES string of the molecule is OCCC1C2CN(c3ccn4c(n3)nc3ccccc34)CC12. The van der Waals surface area contributed by atoms with Crippen molar-refractivity contribution in [1.82, 2.24) is 14.4 Å². The van der Waals surface area contributed by atoms with E-state index in [4.69, 9.17) is 10.1 Å². The lowest BCUT2D eigenvalue weighted by Gasteiger charge is -2.20. The molecule has 1 aliphatic heterocycles. The van der Waals surface area contributed by atoms with Crippen LogP contribution in [0.2, 0.25) is 0 Å². The predicted molar refractivity (Wildman–Crippen MR) is 84.9 cm³/mol. The van der Waals surface area contributed by atoms with Crippen molar-refractivity contribution in [2.45, 2.75) is 6.42 Å². The third-order valence-corrected chi connectivity index (χ3v) is 5.32. The highest BCUT2D eigenvalue weighted by molar-refractivity contribution is 5.79. The highest BCUT2D eigenvalue weighted by Crippen LogP contribution is 2.53. The van der Waals surface area contributed by atoms with Crippen LogP contribution in [-0.2, 0) is 0 Å². The first-order valence-electron chi connectivity index (χ1n) is 7.95. The van der Waals surface area contributed by atoms with Gasteiger partial charge < -0.3 is 10.0 Å². The van der Waals surface area contributed by atoms with Crippen molar-refractivity contribution in [2.75, 3.05) is 24.6 Å². The highest BCUT2D eigenvalue weighted by atomic mass is 16.3. The van der Waals surface area contributed by atoms with Crippen molar-refractivity contribution in [3.05, 3.63) is 36.5 Å². The van der Waals surface area contributed by atoms with Gasteiger partial charge in [0.25, 0.3) is 0 Å². The molecule has 0 radical (unpaired) electrons. The van der Waals surface area contributed by atoms with Crippen molar-refractivity contribution in [3.8, 4) is 0 Å². The maximum absolute atomic E-state index is 9.07. The van der Waals surface area contributed by atoms with Gasteiger partial charge in [0.2, 0.25) is 5.78 Å². The zero-order valence-corrected chi connectivity index (χ0v) is 12.3. The van der Waals surface area contributed by atoms with Gasteiger partial charge in [-0.2, -0.15) is 4.98 Å². The van der Waals surface area contributed by atoms with E-state index < -0.39 is 0 Å². The average Bonchev–Trinajstić information content (AvgIpc) is 2.93. The van der Waals surface area contributed by atoms with Crippen LogP contribution < -0.4 is 4.90 Å². The molecule has 1 saturated heterocycles. The van der Waals surface area contributed by atoms with E-state index in [1.807, 2.05) is 22.6 Å². The molecule has 0 amide bonds. The number of aromatic nitrogens is 3. The minimum Gasteiger partial charge on any atom is -0.396 e. The topological polar surface area (TPSA) is 53.7 Å². The minimum absolute atomic E-state index is 0.322. The number of nitrogens with zero attached hydrogens (tertiary/aromatic N) is 4. The maximum Gasteiger partial charge on any atom is 0.236 e. The van der Waals surface area contributed by atoms with Crippen molar-refractivity contribution >= 4 is 22.6 Å². The van der Waals surface area contributed by atoms with E-state index in [0.29, 0.717) is 6.61 Å². The molecule has 2 unspecified atom stereocenters. The molecule has 1 saturated carbocycles. The van der Waals surface area contributed by atoms with Gasteiger partial charge in [0.1, 0.15) is 5.82 Å². The van der Waals surface area contributed by atoms with Crippen molar-refractivity contribution in [2.24, 2.45) is 17.8 Å². The van der Waals surface area contributed by atoms with E-state index >= 15 is 0 Å². The number of hydrogen-bond acceptors (Lipinski definition) is 4. The maximum atomic E-state index is 9.07. The van der Waals surface area contributed by atoms with Gasteiger partial charge in [0, 0.05) is 25.9 Å². The molecule has 3 aromatic rings. The molecule has 22 heavy (non-hydrogen) atoms. The van der Waals surface area contributed by atoms with Gasteiger partial charge in [-0.1, -0.05) is 12.1 Å². The largest absolute Gasteiger partial charge is 0.396 e. The van der Waals surface area contributed by atoms with E-state index in [9.17, 15) is 0 Å². The van der Waals surface area contributed by atoms with Crippen LogP contribution in [0.1, 0.15) is 6.42 Å². The van der Waals surface area contributed by atoms with E-state index in [1.54, 1.807) is 0 Å². The van der Waals surface area contributed by atoms with Crippen LogP contribution >= 0.6 is 0 Å². The van der Waals surface area contributed by atoms with Crippen LogP contribution in [0.25, 0.3) is 16.8 Å². The summed E-state index contributed by atoms with van der Waals surface area (Å²) in [6.45, 7) is 2.46. The number of aliphatic hydroxyl groups is 1. The Kier molecular flexibility index (Phi) is 2.50. The quantitative estimate of drug-likeness (QED) is 0.802. The molecule has 1 aliphatic carbocycles. The predicted octanol–water partition coefficient (Wildman–Crippen LogP) is 1.95. The number of hydrogen-bond donors (Lipinski definition) is 1. The Bertz CT molecular complexity index is 846. The number of benzene rings is 1. The Labute approximate surface area is 128 Å². The third kappa shape index (κ3) is 1.69. The summed E-state index contributed by atoms with van der Waals surface area (Å²) in [6.07, 6.45) is 3.03. The Balaban J connectivity index is 1.46. The molecule has 5 heteroatoms. The van der Waals surface area contributed by atoms with Gasteiger partial charge in [-0.3, -0.25) is 4.40 Å². The number of piperidine rings is 1. The number of anilines is 1. The van der Waals surface area contributed by atoms with Gasteiger partial charge in [0.15, 0.2) is 0 Å². The van der Waals surface area contributed by atoms with Gasteiger partial charge in [-0.15, -0.1) is 0 Å². The second-order valence-electron chi connectivity index (χ2n) is 6.47. The van der Waals surface area contributed by atoms with Crippen LogP contribution in [0.3, 0.4) is 0 Å². The highest BCUT2D eigenvalue weighted by Gasteiger charge is 2.55. The molecule has 1 N–H and O–H groups in total. The standard InChI is InChI=1S/C17H18N4O/c22-8-6-11-12-9-20(10-13(11)12)16-5-7-21-15-4-2-1-3-14(15)18-17(21)19-16/h1-5,7,11-13,22H,6,8-10H2. The molecule has 0 spiro atoms. The van der Waals surface area contributed by atoms with E-state index in [1.165, 1.54) is 0 Å². The number of fused-ring (bicyclic) bond motifs is 4. The molecule has 2 aromatic heterocycles. The van der Waals surface area contributed by atoms with Crippen LogP contribution in [0.15, 0.2) is 36.5 Å². The molecule has 2 fully saturated rings. The van der Waals surface area contributed by atoms with Crippen molar-refractivity contribution in [1.29, 1.82) is 0 Å². The molecule has 3 heterocycles. The summed E-state index contributed by atoms with van der Waals surface area (Å²) < 4.78 is 2.05. The second-order valence-corrected chi connectivity index (χ2v) is 6.47. The van der Waals surface area contributed by atoms with Crippen LogP contribution in [0, 0.1) is 17.8 Å². The van der Waals surface area contributed by atoms with E-state index in [0.717, 1.165) is 59.9 Å². The molecule has 5 nitrogen and oxygen atoms in total. The van der Waals surface area contributed by atoms with Gasteiger partial charge in [-0.25, -0.2) is 4.98 Å². The van der Waals surface area contributed by atoms with Crippen LogP contribution in [0.4, 0.5) is 5.82 Å². The summed E-state index contributed by atoms with van der Waals surface area (Å²) in [7, 11) is 0. The summed E-state index contributed by atoms with van der Waals surface area (Å²) in [5, 5.41) is 9.07. The monoisotopic (exact) mass is 294 g/mol. The van der Waals surface area contributed by atoms with Crippen molar-refractivity contribution in [3.63, 3.8) is 0 Å². The number of aliphatic hydroxyl groups excluding tert-OH is 1. The fourth-order valence-corrected chi connectivity index (χ4v) is 4.13. The molecule has 1 aromatic carbocycles. The Morgan fingerprint density at radius 2 is 1.91 bits per heavy atom. The summed E-state index contributed by atoms with van der Waals surface area (Å²) in [5.41, 5.74) is 2.09. The third-order valence-electron chi connectivity index (χ3n) is 5.32. The Morgan fingerprint density at radius 1 is 1.09 bits per heavy atom. The van der Waals surface area contributed by atoms with Gasteiger partial charge in [0.05, 0.1) is 11.0 Å². The molecule has 2 aliphatic rings. The van der Waals surface area contributed by atoms with Crippen LogP contribution in [0.5, 0.6) is 0 Å². The smallest absolute Gasteiger partial charge is 0.236 e. The van der Waals surface area contributed by atoms with Crippen molar-refractivity contribution < 1.29 is 5.11 Å². The first-order chi connectivity index (χ1) is 10.8. The van der Waals surface area contributed by atoms with Crippen LogP contribution in [-0.4, -0.2) is 39.2 Å². The second kappa shape index (κ2) is 4.43. The molecular formula is C17H18N4O.